The van der Waals surface area contributed by atoms with Crippen molar-refractivity contribution in [2.75, 3.05) is 0 Å². The Morgan fingerprint density at radius 3 is 0.800 bits per heavy atom. The van der Waals surface area contributed by atoms with Gasteiger partial charge in [-0.25, -0.2) is 4.79 Å². The first-order valence-corrected chi connectivity index (χ1v) is 9.17. The number of rotatable bonds is 5. The topological polar surface area (TPSA) is 373 Å². The first kappa shape index (κ1) is 43.0. The molecule has 0 heterocycles. The van der Waals surface area contributed by atoms with E-state index in [1.807, 2.05) is 0 Å². The molecule has 0 bridgehead atoms. The molecule has 0 aliphatic rings. The van der Waals surface area contributed by atoms with Crippen LogP contribution in [-0.2, 0) is 79.7 Å². The fourth-order valence-corrected chi connectivity index (χ4v) is 0.714. The maximum Gasteiger partial charge on any atom is 3.00 e. The Kier molecular flexibility index (Phi) is 25.3. The number of aliphatic carboxylic acids is 3. The summed E-state index contributed by atoms with van der Waals surface area (Å²) in [6.07, 6.45) is -2.29. The molecule has 0 unspecified atom stereocenters. The zero-order valence-corrected chi connectivity index (χ0v) is 17.9. The van der Waals surface area contributed by atoms with Gasteiger partial charge in [-0.15, -0.1) is 0 Å². The quantitative estimate of drug-likeness (QED) is 0.131. The van der Waals surface area contributed by atoms with Crippen LogP contribution in [0.15, 0.2) is 0 Å². The first-order valence-electron chi connectivity index (χ1n) is 5.17. The molecule has 24 heteroatoms. The molecule has 0 aromatic heterocycles. The van der Waals surface area contributed by atoms with Gasteiger partial charge in [0.05, 0.1) is 12.8 Å². The summed E-state index contributed by atoms with van der Waals surface area (Å²) in [5.41, 5.74) is -2.74. The summed E-state index contributed by atoms with van der Waals surface area (Å²) < 4.78 is 102. The third-order valence-corrected chi connectivity index (χ3v) is 1.29. The third-order valence-electron chi connectivity index (χ3n) is 1.29. The van der Waals surface area contributed by atoms with Crippen molar-refractivity contribution in [2.45, 2.75) is 18.4 Å². The van der Waals surface area contributed by atoms with Gasteiger partial charge in [-0.2, -0.15) is 0 Å². The number of hydrogen-bond acceptors (Lipinski definition) is 16. The second-order valence-electron chi connectivity index (χ2n) is 3.70. The number of carboxylic acids is 3. The van der Waals surface area contributed by atoms with E-state index in [0.717, 1.165) is 0 Å². The molecule has 0 aromatic rings. The Hall–Kier alpha value is -0.981. The van der Waals surface area contributed by atoms with E-state index in [0.29, 0.717) is 0 Å². The van der Waals surface area contributed by atoms with E-state index in [2.05, 4.69) is 0 Å². The molecule has 0 saturated heterocycles. The number of carbonyl (C=O) groups is 3. The predicted octanol–water partition coefficient (Wildman–Crippen LogP) is -5.27. The average molecular weight is 592 g/mol. The molecule has 0 spiro atoms. The molecule has 0 rings (SSSR count). The summed E-state index contributed by atoms with van der Waals surface area (Å²) in [5.74, 6) is -5.02. The molecule has 0 atom stereocenters. The maximum atomic E-state index is 10.3. The van der Waals surface area contributed by atoms with Gasteiger partial charge >= 0.3 is 52.0 Å². The van der Waals surface area contributed by atoms with E-state index in [4.69, 9.17) is 73.0 Å². The van der Waals surface area contributed by atoms with Crippen molar-refractivity contribution < 1.29 is 122 Å². The summed E-state index contributed by atoms with van der Waals surface area (Å²) in [6.45, 7) is 0. The molecule has 0 amide bonds. The van der Waals surface area contributed by atoms with Crippen LogP contribution in [0.3, 0.4) is 0 Å². The van der Waals surface area contributed by atoms with Crippen LogP contribution in [0.2, 0.25) is 0 Å². The number of hydrogen-bond donors (Lipinski definition) is 4. The molecule has 2 radical (unpaired) electrons. The number of carboxylic acid groups (broad SMARTS) is 3. The Balaban J connectivity index is -0.0000000712. The minimum absolute atomic E-state index is 0. The molecule has 30 heavy (non-hydrogen) atoms. The van der Waals surface area contributed by atoms with E-state index in [-0.39, 0.29) is 34.1 Å². The Labute approximate surface area is 188 Å². The fraction of sp³-hybridized carbons (Fsp3) is 0.500. The largest absolute Gasteiger partial charge is 3.00 e. The molecule has 0 aromatic carbocycles. The summed E-state index contributed by atoms with van der Waals surface area (Å²) in [6, 6.07) is 0. The smallest absolute Gasteiger partial charge is 0.759 e. The molecule has 0 aliphatic heterocycles. The van der Waals surface area contributed by atoms with Gasteiger partial charge in [0.1, 0.15) is 0 Å². The second-order valence-corrected chi connectivity index (χ2v) is 6.15. The van der Waals surface area contributed by atoms with Crippen LogP contribution < -0.4 is 0 Å². The maximum absolute atomic E-state index is 10.3. The third kappa shape index (κ3) is 81.1. The zero-order chi connectivity index (χ0) is 24.1. The zero-order valence-electron chi connectivity index (χ0n) is 13.3. The molecular formula is C6H8Fe2O19S3. The standard InChI is InChI=1S/C6H8O7.2Fe.3H2O4S/c7-3(8)1-6(13,5(11)12)2-4(9)10;;;3*1-5(2,3)4/h13H,1-2H2,(H,7,8)(H,9,10)(H,11,12);;;3*(H2,1,2,3,4)/q;2*+3;;;/p-6. The minimum atomic E-state index is -5.17. The monoisotopic (exact) mass is 592 g/mol. The Morgan fingerprint density at radius 2 is 0.733 bits per heavy atom. The summed E-state index contributed by atoms with van der Waals surface area (Å²) in [7, 11) is -15.5. The minimum Gasteiger partial charge on any atom is -0.759 e. The van der Waals surface area contributed by atoms with Crippen molar-refractivity contribution in [3.63, 3.8) is 0 Å². The molecule has 19 nitrogen and oxygen atoms in total. The van der Waals surface area contributed by atoms with Crippen LogP contribution in [0.1, 0.15) is 12.8 Å². The molecule has 0 fully saturated rings. The van der Waals surface area contributed by atoms with E-state index >= 15 is 0 Å². The van der Waals surface area contributed by atoms with Gasteiger partial charge in [0.15, 0.2) is 5.60 Å². The van der Waals surface area contributed by atoms with Crippen LogP contribution in [0.5, 0.6) is 0 Å². The predicted molar refractivity (Wildman–Crippen MR) is 68.5 cm³/mol. The van der Waals surface area contributed by atoms with Crippen LogP contribution in [-0.4, -0.2) is 96.5 Å². The van der Waals surface area contributed by atoms with E-state index in [9.17, 15) is 14.4 Å². The van der Waals surface area contributed by atoms with E-state index in [1.165, 1.54) is 0 Å². The van der Waals surface area contributed by atoms with Gasteiger partial charge in [-0.05, 0) is 0 Å². The second kappa shape index (κ2) is 17.7. The van der Waals surface area contributed by atoms with Gasteiger partial charge in [0, 0.05) is 31.2 Å². The van der Waals surface area contributed by atoms with Crippen molar-refractivity contribution >= 4 is 49.1 Å². The molecule has 0 aliphatic carbocycles. The van der Waals surface area contributed by atoms with Crippen LogP contribution in [0.4, 0.5) is 0 Å². The number of aliphatic hydroxyl groups is 1. The van der Waals surface area contributed by atoms with Crippen molar-refractivity contribution in [3.05, 3.63) is 0 Å². The summed E-state index contributed by atoms with van der Waals surface area (Å²) in [5, 5.41) is 33.8. The summed E-state index contributed by atoms with van der Waals surface area (Å²) >= 11 is 0. The normalized spacial score (nSPS) is 10.5. The SMILES string of the molecule is O=C(O)CC(O)(CC(=O)O)C(=O)O.O=S(=O)([O-])[O-].O=S(=O)([O-])[O-].O=S(=O)([O-])[O-].[Fe+3].[Fe+3]. The van der Waals surface area contributed by atoms with Gasteiger partial charge in [-0.3, -0.25) is 34.8 Å². The van der Waals surface area contributed by atoms with E-state index < -0.39 is 67.5 Å². The molecule has 0 saturated carbocycles. The fourth-order valence-electron chi connectivity index (χ4n) is 0.714. The van der Waals surface area contributed by atoms with Gasteiger partial charge in [-0.1, -0.05) is 0 Å². The molecule has 180 valence electrons. The van der Waals surface area contributed by atoms with Crippen molar-refractivity contribution in [2.24, 2.45) is 0 Å². The van der Waals surface area contributed by atoms with Crippen LogP contribution in [0.25, 0.3) is 0 Å². The van der Waals surface area contributed by atoms with Gasteiger partial charge < -0.3 is 47.7 Å². The van der Waals surface area contributed by atoms with Crippen molar-refractivity contribution in [1.29, 1.82) is 0 Å². The van der Waals surface area contributed by atoms with Crippen LogP contribution in [0, 0.1) is 0 Å². The van der Waals surface area contributed by atoms with Crippen LogP contribution >= 0.6 is 0 Å². The first-order chi connectivity index (χ1) is 11.8. The Bertz CT molecular complexity index is 714. The van der Waals surface area contributed by atoms with Gasteiger partial charge in [0.2, 0.25) is 0 Å². The average Bonchev–Trinajstić information content (AvgIpc) is 2.17. The van der Waals surface area contributed by atoms with Gasteiger partial charge in [0.25, 0.3) is 0 Å². The van der Waals surface area contributed by atoms with Crippen molar-refractivity contribution in [3.8, 4) is 0 Å². The van der Waals surface area contributed by atoms with E-state index in [1.54, 1.807) is 0 Å². The Morgan fingerprint density at radius 1 is 0.600 bits per heavy atom. The van der Waals surface area contributed by atoms with Crippen molar-refractivity contribution in [1.82, 2.24) is 0 Å². The molecule has 4 N–H and O–H groups in total. The molecular weight excluding hydrogens is 584 g/mol. The summed E-state index contributed by atoms with van der Waals surface area (Å²) in [4.78, 5) is 30.5.